The van der Waals surface area contributed by atoms with E-state index in [1.807, 2.05) is 13.8 Å². The Bertz CT molecular complexity index is 352. The van der Waals surface area contributed by atoms with Crippen molar-refractivity contribution in [3.8, 4) is 0 Å². The number of aromatic nitrogens is 1. The molecule has 1 fully saturated rings. The highest BCUT2D eigenvalue weighted by atomic mass is 16.5. The molecule has 1 aliphatic rings. The van der Waals surface area contributed by atoms with Crippen LogP contribution in [0.25, 0.3) is 0 Å². The van der Waals surface area contributed by atoms with Crippen LogP contribution in [0.5, 0.6) is 0 Å². The number of aryl methyl sites for hydroxylation is 2. The van der Waals surface area contributed by atoms with E-state index in [4.69, 9.17) is 9.26 Å². The van der Waals surface area contributed by atoms with Gasteiger partial charge in [-0.15, -0.1) is 0 Å². The molecule has 0 atom stereocenters. The fourth-order valence-corrected chi connectivity index (χ4v) is 2.20. The summed E-state index contributed by atoms with van der Waals surface area (Å²) in [5.74, 6) is 0.932. The quantitative estimate of drug-likeness (QED) is 0.769. The lowest BCUT2D eigenvalue weighted by molar-refractivity contribution is -0.0883. The van der Waals surface area contributed by atoms with E-state index in [9.17, 15) is 0 Å². The van der Waals surface area contributed by atoms with E-state index in [2.05, 4.69) is 23.9 Å². The molecule has 0 radical (unpaired) electrons. The maximum absolute atomic E-state index is 5.69. The lowest BCUT2D eigenvalue weighted by Crippen LogP contribution is -2.47. The number of rotatable bonds is 2. The Labute approximate surface area is 96.5 Å². The highest BCUT2D eigenvalue weighted by Crippen LogP contribution is 2.21. The minimum absolute atomic E-state index is 0.0444. The molecule has 0 N–H and O–H groups in total. The predicted molar refractivity (Wildman–Crippen MR) is 61.3 cm³/mol. The standard InChI is InChI=1S/C12H20N2O2/c1-9-11(10(2)16-13-9)7-14-5-6-15-12(3,4)8-14/h5-8H2,1-4H3. The van der Waals surface area contributed by atoms with E-state index in [1.54, 1.807) is 0 Å². The Morgan fingerprint density at radius 1 is 1.38 bits per heavy atom. The van der Waals surface area contributed by atoms with Crippen molar-refractivity contribution in [3.05, 3.63) is 17.0 Å². The van der Waals surface area contributed by atoms with E-state index >= 15 is 0 Å². The van der Waals surface area contributed by atoms with Crippen LogP contribution < -0.4 is 0 Å². The highest BCUT2D eigenvalue weighted by molar-refractivity contribution is 5.20. The van der Waals surface area contributed by atoms with Gasteiger partial charge in [-0.25, -0.2) is 0 Å². The summed E-state index contributed by atoms with van der Waals surface area (Å²) in [6, 6.07) is 0. The molecule has 1 aliphatic heterocycles. The first-order valence-electron chi connectivity index (χ1n) is 5.76. The third-order valence-electron chi connectivity index (χ3n) is 3.07. The molecule has 0 aromatic carbocycles. The molecule has 0 aliphatic carbocycles. The van der Waals surface area contributed by atoms with Gasteiger partial charge >= 0.3 is 0 Å². The molecule has 2 rings (SSSR count). The first-order valence-corrected chi connectivity index (χ1v) is 5.76. The lowest BCUT2D eigenvalue weighted by atomic mass is 10.1. The molecular formula is C12H20N2O2. The zero-order chi connectivity index (χ0) is 11.8. The minimum atomic E-state index is -0.0444. The second kappa shape index (κ2) is 4.18. The van der Waals surface area contributed by atoms with Gasteiger partial charge < -0.3 is 9.26 Å². The first kappa shape index (κ1) is 11.6. The maximum atomic E-state index is 5.69. The zero-order valence-electron chi connectivity index (χ0n) is 10.5. The molecule has 0 amide bonds. The van der Waals surface area contributed by atoms with Crippen LogP contribution in [0, 0.1) is 13.8 Å². The van der Waals surface area contributed by atoms with Gasteiger partial charge in [-0.3, -0.25) is 4.90 Å². The van der Waals surface area contributed by atoms with E-state index in [1.165, 1.54) is 5.56 Å². The van der Waals surface area contributed by atoms with Gasteiger partial charge in [0.25, 0.3) is 0 Å². The third-order valence-corrected chi connectivity index (χ3v) is 3.07. The summed E-state index contributed by atoms with van der Waals surface area (Å²) in [5.41, 5.74) is 2.18. The molecular weight excluding hydrogens is 204 g/mol. The minimum Gasteiger partial charge on any atom is -0.373 e. The van der Waals surface area contributed by atoms with Gasteiger partial charge in [0, 0.05) is 25.2 Å². The van der Waals surface area contributed by atoms with Gasteiger partial charge in [-0.05, 0) is 27.7 Å². The van der Waals surface area contributed by atoms with Crippen molar-refractivity contribution in [1.29, 1.82) is 0 Å². The topological polar surface area (TPSA) is 38.5 Å². The Morgan fingerprint density at radius 2 is 2.12 bits per heavy atom. The van der Waals surface area contributed by atoms with Crippen LogP contribution in [-0.4, -0.2) is 35.4 Å². The summed E-state index contributed by atoms with van der Waals surface area (Å²) < 4.78 is 10.9. The summed E-state index contributed by atoms with van der Waals surface area (Å²) >= 11 is 0. The van der Waals surface area contributed by atoms with E-state index in [0.29, 0.717) is 0 Å². The van der Waals surface area contributed by atoms with Crippen LogP contribution in [0.2, 0.25) is 0 Å². The molecule has 0 saturated carbocycles. The summed E-state index contributed by atoms with van der Waals surface area (Å²) in [7, 11) is 0. The van der Waals surface area contributed by atoms with Gasteiger partial charge in [-0.2, -0.15) is 0 Å². The van der Waals surface area contributed by atoms with Crippen molar-refractivity contribution in [1.82, 2.24) is 10.1 Å². The largest absolute Gasteiger partial charge is 0.373 e. The average molecular weight is 224 g/mol. The Morgan fingerprint density at radius 3 is 2.69 bits per heavy atom. The lowest BCUT2D eigenvalue weighted by Gasteiger charge is -2.38. The zero-order valence-corrected chi connectivity index (χ0v) is 10.5. The van der Waals surface area contributed by atoms with E-state index < -0.39 is 0 Å². The number of hydrogen-bond donors (Lipinski definition) is 0. The normalized spacial score (nSPS) is 21.2. The van der Waals surface area contributed by atoms with Crippen LogP contribution in [0.3, 0.4) is 0 Å². The summed E-state index contributed by atoms with van der Waals surface area (Å²) in [4.78, 5) is 2.40. The van der Waals surface area contributed by atoms with Crippen LogP contribution >= 0.6 is 0 Å². The van der Waals surface area contributed by atoms with E-state index in [-0.39, 0.29) is 5.60 Å². The Hall–Kier alpha value is -0.870. The molecule has 0 bridgehead atoms. The van der Waals surface area contributed by atoms with Crippen molar-refractivity contribution >= 4 is 0 Å². The third kappa shape index (κ3) is 2.44. The SMILES string of the molecule is Cc1noc(C)c1CN1CCOC(C)(C)C1. The van der Waals surface area contributed by atoms with Crippen LogP contribution in [0.4, 0.5) is 0 Å². The van der Waals surface area contributed by atoms with Gasteiger partial charge in [-0.1, -0.05) is 5.16 Å². The second-order valence-electron chi connectivity index (χ2n) is 5.12. The van der Waals surface area contributed by atoms with Crippen molar-refractivity contribution in [2.45, 2.75) is 39.8 Å². The fourth-order valence-electron chi connectivity index (χ4n) is 2.20. The second-order valence-corrected chi connectivity index (χ2v) is 5.12. The van der Waals surface area contributed by atoms with Gasteiger partial charge in [0.1, 0.15) is 5.76 Å². The predicted octanol–water partition coefficient (Wildman–Crippen LogP) is 1.90. The summed E-state index contributed by atoms with van der Waals surface area (Å²) in [6.07, 6.45) is 0. The number of nitrogens with zero attached hydrogens (tertiary/aromatic N) is 2. The number of ether oxygens (including phenoxy) is 1. The van der Waals surface area contributed by atoms with Crippen LogP contribution in [-0.2, 0) is 11.3 Å². The number of morpholine rings is 1. The maximum Gasteiger partial charge on any atom is 0.138 e. The van der Waals surface area contributed by atoms with Crippen LogP contribution in [0.15, 0.2) is 4.52 Å². The molecule has 0 spiro atoms. The molecule has 4 heteroatoms. The smallest absolute Gasteiger partial charge is 0.138 e. The van der Waals surface area contributed by atoms with Gasteiger partial charge in [0.15, 0.2) is 0 Å². The molecule has 0 unspecified atom stereocenters. The monoisotopic (exact) mass is 224 g/mol. The Kier molecular flexibility index (Phi) is 3.04. The fraction of sp³-hybridized carbons (Fsp3) is 0.750. The van der Waals surface area contributed by atoms with E-state index in [0.717, 1.165) is 37.7 Å². The first-order chi connectivity index (χ1) is 7.48. The molecule has 1 aromatic heterocycles. The van der Waals surface area contributed by atoms with Crippen LogP contribution in [0.1, 0.15) is 30.9 Å². The Balaban J connectivity index is 2.05. The van der Waals surface area contributed by atoms with Gasteiger partial charge in [0.05, 0.1) is 17.9 Å². The molecule has 4 nitrogen and oxygen atoms in total. The van der Waals surface area contributed by atoms with Crippen molar-refractivity contribution < 1.29 is 9.26 Å². The summed E-state index contributed by atoms with van der Waals surface area (Å²) in [6.45, 7) is 11.9. The molecule has 2 heterocycles. The van der Waals surface area contributed by atoms with Gasteiger partial charge in [0.2, 0.25) is 0 Å². The highest BCUT2D eigenvalue weighted by Gasteiger charge is 2.28. The van der Waals surface area contributed by atoms with Crippen molar-refractivity contribution in [3.63, 3.8) is 0 Å². The molecule has 90 valence electrons. The molecule has 16 heavy (non-hydrogen) atoms. The average Bonchev–Trinajstić information content (AvgIpc) is 2.48. The molecule has 1 aromatic rings. The van der Waals surface area contributed by atoms with Crippen molar-refractivity contribution in [2.75, 3.05) is 19.7 Å². The number of hydrogen-bond acceptors (Lipinski definition) is 4. The van der Waals surface area contributed by atoms with Crippen molar-refractivity contribution in [2.24, 2.45) is 0 Å². The summed E-state index contributed by atoms with van der Waals surface area (Å²) in [5, 5.41) is 3.99. The molecule has 1 saturated heterocycles.